The molecule has 0 bridgehead atoms. The first-order valence-electron chi connectivity index (χ1n) is 6.99. The van der Waals surface area contributed by atoms with E-state index >= 15 is 0 Å². The number of hydrogen-bond acceptors (Lipinski definition) is 4. The zero-order valence-electron chi connectivity index (χ0n) is 11.4. The largest absolute Gasteiger partial charge is 0.477 e. The van der Waals surface area contributed by atoms with E-state index in [-0.39, 0.29) is 24.1 Å². The first kappa shape index (κ1) is 13.6. The van der Waals surface area contributed by atoms with Crippen LogP contribution in [0.25, 0.3) is 0 Å². The van der Waals surface area contributed by atoms with Crippen LogP contribution >= 0.6 is 0 Å². The van der Waals surface area contributed by atoms with Gasteiger partial charge in [-0.1, -0.05) is 29.4 Å². The Kier molecular flexibility index (Phi) is 3.60. The van der Waals surface area contributed by atoms with Crippen LogP contribution in [0.1, 0.15) is 36.4 Å². The number of amides is 1. The monoisotopic (exact) mass is 288 g/mol. The summed E-state index contributed by atoms with van der Waals surface area (Å²) in [6.07, 6.45) is 2.08. The van der Waals surface area contributed by atoms with Crippen molar-refractivity contribution >= 4 is 17.6 Å². The number of carbonyl (C=O) groups is 2. The number of nitrogens with one attached hydrogen (secondary N) is 1. The molecule has 1 aromatic carbocycles. The molecule has 6 heteroatoms. The van der Waals surface area contributed by atoms with E-state index in [0.29, 0.717) is 0 Å². The molecule has 1 amide bonds. The van der Waals surface area contributed by atoms with Crippen molar-refractivity contribution in [3.63, 3.8) is 0 Å². The van der Waals surface area contributed by atoms with E-state index in [0.717, 1.165) is 24.8 Å². The van der Waals surface area contributed by atoms with Gasteiger partial charge in [0.05, 0.1) is 6.04 Å². The number of carboxylic acids is 1. The molecule has 2 aliphatic rings. The number of benzene rings is 1. The summed E-state index contributed by atoms with van der Waals surface area (Å²) in [6, 6.07) is 8.01. The van der Waals surface area contributed by atoms with Crippen LogP contribution in [0.4, 0.5) is 0 Å². The number of carboxylic acid groups (broad SMARTS) is 1. The standard InChI is InChI=1S/C15H16N2O4/c18-14(13-8-12(15(19)20)17-21-13)16-11-7-3-5-9-4-1-2-6-10(9)11/h1-2,4,6,11,13H,3,5,7-8H2,(H,16,18)(H,19,20). The summed E-state index contributed by atoms with van der Waals surface area (Å²) in [4.78, 5) is 27.9. The van der Waals surface area contributed by atoms with E-state index in [4.69, 9.17) is 9.94 Å². The summed E-state index contributed by atoms with van der Waals surface area (Å²) in [6.45, 7) is 0. The summed E-state index contributed by atoms with van der Waals surface area (Å²) in [5, 5.41) is 15.2. The molecule has 1 aromatic rings. The van der Waals surface area contributed by atoms with Crippen LogP contribution in [-0.2, 0) is 20.8 Å². The lowest BCUT2D eigenvalue weighted by Crippen LogP contribution is -2.38. The third kappa shape index (κ3) is 2.74. The van der Waals surface area contributed by atoms with Gasteiger partial charge in [0.2, 0.25) is 6.10 Å². The van der Waals surface area contributed by atoms with Gasteiger partial charge in [0.25, 0.3) is 5.91 Å². The molecule has 6 nitrogen and oxygen atoms in total. The molecule has 1 heterocycles. The van der Waals surface area contributed by atoms with Gasteiger partial charge in [-0.25, -0.2) is 4.79 Å². The van der Waals surface area contributed by atoms with Crippen molar-refractivity contribution < 1.29 is 19.5 Å². The quantitative estimate of drug-likeness (QED) is 0.880. The zero-order chi connectivity index (χ0) is 14.8. The Hall–Kier alpha value is -2.37. The van der Waals surface area contributed by atoms with Crippen molar-refractivity contribution in [2.75, 3.05) is 0 Å². The van der Waals surface area contributed by atoms with Crippen molar-refractivity contribution in [3.8, 4) is 0 Å². The first-order valence-corrected chi connectivity index (χ1v) is 6.99. The van der Waals surface area contributed by atoms with Gasteiger partial charge >= 0.3 is 5.97 Å². The van der Waals surface area contributed by atoms with Gasteiger partial charge in [-0.3, -0.25) is 4.79 Å². The Morgan fingerprint density at radius 1 is 1.33 bits per heavy atom. The molecular weight excluding hydrogens is 272 g/mol. The van der Waals surface area contributed by atoms with Crippen LogP contribution in [-0.4, -0.2) is 28.8 Å². The maximum absolute atomic E-state index is 12.2. The molecule has 2 unspecified atom stereocenters. The summed E-state index contributed by atoms with van der Waals surface area (Å²) in [7, 11) is 0. The summed E-state index contributed by atoms with van der Waals surface area (Å²) in [5.41, 5.74) is 2.28. The van der Waals surface area contributed by atoms with Crippen LogP contribution in [0.15, 0.2) is 29.4 Å². The van der Waals surface area contributed by atoms with Crippen molar-refractivity contribution in [2.45, 2.75) is 37.8 Å². The van der Waals surface area contributed by atoms with Crippen LogP contribution < -0.4 is 5.32 Å². The number of nitrogens with zero attached hydrogens (tertiary/aromatic N) is 1. The molecule has 110 valence electrons. The highest BCUT2D eigenvalue weighted by Crippen LogP contribution is 2.29. The average molecular weight is 288 g/mol. The molecule has 2 atom stereocenters. The van der Waals surface area contributed by atoms with Gasteiger partial charge < -0.3 is 15.3 Å². The van der Waals surface area contributed by atoms with Crippen molar-refractivity contribution in [3.05, 3.63) is 35.4 Å². The topological polar surface area (TPSA) is 88.0 Å². The van der Waals surface area contributed by atoms with Gasteiger partial charge in [-0.2, -0.15) is 0 Å². The molecule has 1 aliphatic heterocycles. The Balaban J connectivity index is 1.66. The van der Waals surface area contributed by atoms with Crippen LogP contribution in [0, 0.1) is 0 Å². The second-order valence-corrected chi connectivity index (χ2v) is 5.29. The second-order valence-electron chi connectivity index (χ2n) is 5.29. The minimum Gasteiger partial charge on any atom is -0.477 e. The third-order valence-corrected chi connectivity index (χ3v) is 3.89. The maximum Gasteiger partial charge on any atom is 0.353 e. The number of aryl methyl sites for hydroxylation is 1. The highest BCUT2D eigenvalue weighted by molar-refractivity contribution is 6.36. The fraction of sp³-hybridized carbons (Fsp3) is 0.400. The molecule has 21 heavy (non-hydrogen) atoms. The summed E-state index contributed by atoms with van der Waals surface area (Å²) < 4.78 is 0. The lowest BCUT2D eigenvalue weighted by molar-refractivity contribution is -0.132. The average Bonchev–Trinajstić information content (AvgIpc) is 2.98. The minimum atomic E-state index is -1.15. The Morgan fingerprint density at radius 2 is 2.14 bits per heavy atom. The fourth-order valence-corrected chi connectivity index (χ4v) is 2.81. The number of aliphatic carboxylic acids is 1. The molecule has 0 radical (unpaired) electrons. The maximum atomic E-state index is 12.2. The van der Waals surface area contributed by atoms with Crippen LogP contribution in [0.2, 0.25) is 0 Å². The zero-order valence-corrected chi connectivity index (χ0v) is 11.4. The number of rotatable bonds is 3. The molecule has 1 aliphatic carbocycles. The van der Waals surface area contributed by atoms with Gasteiger partial charge in [0.1, 0.15) is 0 Å². The number of carbonyl (C=O) groups excluding carboxylic acids is 1. The van der Waals surface area contributed by atoms with E-state index in [1.807, 2.05) is 18.2 Å². The molecular formula is C15H16N2O4. The second kappa shape index (κ2) is 5.55. The van der Waals surface area contributed by atoms with Crippen molar-refractivity contribution in [1.29, 1.82) is 0 Å². The van der Waals surface area contributed by atoms with Gasteiger partial charge in [-0.15, -0.1) is 0 Å². The van der Waals surface area contributed by atoms with E-state index in [1.165, 1.54) is 5.56 Å². The molecule has 0 saturated carbocycles. The first-order chi connectivity index (χ1) is 10.1. The van der Waals surface area contributed by atoms with Crippen LogP contribution in [0.5, 0.6) is 0 Å². The van der Waals surface area contributed by atoms with Gasteiger partial charge in [0, 0.05) is 6.42 Å². The molecule has 0 spiro atoms. The third-order valence-electron chi connectivity index (χ3n) is 3.89. The number of fused-ring (bicyclic) bond motifs is 1. The van der Waals surface area contributed by atoms with Gasteiger partial charge in [-0.05, 0) is 30.4 Å². The van der Waals surface area contributed by atoms with E-state index in [2.05, 4.69) is 16.5 Å². The van der Waals surface area contributed by atoms with Crippen molar-refractivity contribution in [1.82, 2.24) is 5.32 Å². The van der Waals surface area contributed by atoms with Crippen LogP contribution in [0.3, 0.4) is 0 Å². The normalized spacial score (nSPS) is 23.7. The molecule has 2 N–H and O–H groups in total. The lowest BCUT2D eigenvalue weighted by atomic mass is 9.87. The smallest absolute Gasteiger partial charge is 0.353 e. The van der Waals surface area contributed by atoms with E-state index < -0.39 is 12.1 Å². The van der Waals surface area contributed by atoms with E-state index in [9.17, 15) is 9.59 Å². The summed E-state index contributed by atoms with van der Waals surface area (Å²) >= 11 is 0. The highest BCUT2D eigenvalue weighted by Gasteiger charge is 2.33. The van der Waals surface area contributed by atoms with E-state index in [1.54, 1.807) is 0 Å². The predicted molar refractivity (Wildman–Crippen MR) is 74.8 cm³/mol. The predicted octanol–water partition coefficient (Wildman–Crippen LogP) is 1.41. The Bertz CT molecular complexity index is 611. The van der Waals surface area contributed by atoms with Crippen molar-refractivity contribution in [2.24, 2.45) is 5.16 Å². The van der Waals surface area contributed by atoms with Gasteiger partial charge in [0.15, 0.2) is 5.71 Å². The summed E-state index contributed by atoms with van der Waals surface area (Å²) in [5.74, 6) is -1.45. The molecule has 3 rings (SSSR count). The fourth-order valence-electron chi connectivity index (χ4n) is 2.81. The minimum absolute atomic E-state index is 0.00946. The molecule has 0 saturated heterocycles. The lowest BCUT2D eigenvalue weighted by Gasteiger charge is -2.27. The number of oxime groups is 1. The Morgan fingerprint density at radius 3 is 2.90 bits per heavy atom. The Labute approximate surface area is 121 Å². The molecule has 0 aromatic heterocycles. The molecule has 0 fully saturated rings. The SMILES string of the molecule is O=C(O)C1=NOC(C(=O)NC2CCCc3ccccc32)C1. The highest BCUT2D eigenvalue weighted by atomic mass is 16.6. The number of hydrogen-bond donors (Lipinski definition) is 2.